The van der Waals surface area contributed by atoms with E-state index in [1.165, 1.54) is 29.6 Å². The minimum absolute atomic E-state index is 0.0800. The van der Waals surface area contributed by atoms with Crippen LogP contribution in [0, 0.1) is 11.7 Å². The number of rotatable bonds is 7. The highest BCUT2D eigenvalue weighted by Crippen LogP contribution is 2.34. The van der Waals surface area contributed by atoms with Crippen LogP contribution in [0.15, 0.2) is 55.1 Å². The van der Waals surface area contributed by atoms with Crippen LogP contribution in [0.2, 0.25) is 0 Å². The Bertz CT molecular complexity index is 1040. The number of methoxy groups -OCH3 is 1. The summed E-state index contributed by atoms with van der Waals surface area (Å²) in [4.78, 5) is 12.6. The van der Waals surface area contributed by atoms with Crippen LogP contribution in [0.1, 0.15) is 5.56 Å². The van der Waals surface area contributed by atoms with E-state index in [-0.39, 0.29) is 31.3 Å². The number of carbonyl (C=O) groups excluding carboxylic acids is 1. The van der Waals surface area contributed by atoms with Gasteiger partial charge >= 0.3 is 0 Å². The van der Waals surface area contributed by atoms with Crippen LogP contribution in [0.5, 0.6) is 5.75 Å². The highest BCUT2D eigenvalue weighted by atomic mass is 32.2. The van der Waals surface area contributed by atoms with Crippen LogP contribution in [-0.2, 0) is 21.2 Å². The van der Waals surface area contributed by atoms with E-state index in [1.54, 1.807) is 6.07 Å². The van der Waals surface area contributed by atoms with Gasteiger partial charge < -0.3 is 10.1 Å². The average molecular weight is 433 g/mol. The van der Waals surface area contributed by atoms with Crippen molar-refractivity contribution in [1.82, 2.24) is 9.62 Å². The van der Waals surface area contributed by atoms with Gasteiger partial charge in [-0.2, -0.15) is 4.31 Å². The van der Waals surface area contributed by atoms with Crippen molar-refractivity contribution in [3.63, 3.8) is 0 Å². The lowest BCUT2D eigenvalue weighted by atomic mass is 9.91. The largest absolute Gasteiger partial charge is 0.496 e. The zero-order valence-corrected chi connectivity index (χ0v) is 17.6. The van der Waals surface area contributed by atoms with E-state index in [0.29, 0.717) is 17.7 Å². The molecule has 30 heavy (non-hydrogen) atoms. The molecule has 0 bridgehead atoms. The van der Waals surface area contributed by atoms with Gasteiger partial charge in [-0.1, -0.05) is 30.3 Å². The Kier molecular flexibility index (Phi) is 6.89. The second-order valence-electron chi connectivity index (χ2n) is 7.12. The number of amides is 1. The van der Waals surface area contributed by atoms with Gasteiger partial charge in [-0.25, -0.2) is 12.8 Å². The zero-order chi connectivity index (χ0) is 21.7. The van der Waals surface area contributed by atoms with Crippen molar-refractivity contribution < 1.29 is 22.3 Å². The van der Waals surface area contributed by atoms with Crippen LogP contribution >= 0.6 is 0 Å². The number of hydrogen-bond acceptors (Lipinski definition) is 4. The summed E-state index contributed by atoms with van der Waals surface area (Å²) in [5, 5.41) is 2.79. The van der Waals surface area contributed by atoms with Gasteiger partial charge in [0.05, 0.1) is 18.8 Å². The van der Waals surface area contributed by atoms with Crippen molar-refractivity contribution in [2.75, 3.05) is 32.5 Å². The number of carbonyl (C=O) groups is 1. The molecule has 6 nitrogen and oxygen atoms in total. The fourth-order valence-corrected chi connectivity index (χ4v) is 4.93. The van der Waals surface area contributed by atoms with Crippen molar-refractivity contribution in [2.45, 2.75) is 6.42 Å². The van der Waals surface area contributed by atoms with Crippen molar-refractivity contribution in [3.8, 4) is 16.9 Å². The average Bonchev–Trinajstić information content (AvgIpc) is 2.90. The maximum atomic E-state index is 13.9. The number of nitrogens with one attached hydrogen (secondary N) is 1. The molecule has 160 valence electrons. The van der Waals surface area contributed by atoms with E-state index in [4.69, 9.17) is 4.74 Å². The number of sulfonamides is 1. The van der Waals surface area contributed by atoms with Crippen molar-refractivity contribution >= 4 is 15.9 Å². The Morgan fingerprint density at radius 2 is 2.03 bits per heavy atom. The second kappa shape index (κ2) is 9.40. The van der Waals surface area contributed by atoms with Gasteiger partial charge in [0.2, 0.25) is 15.9 Å². The number of halogens is 1. The fraction of sp³-hybridized carbons (Fsp3) is 0.318. The first-order chi connectivity index (χ1) is 14.4. The Morgan fingerprint density at radius 3 is 2.77 bits per heavy atom. The van der Waals surface area contributed by atoms with Crippen molar-refractivity contribution in [1.29, 1.82) is 0 Å². The van der Waals surface area contributed by atoms with Crippen LogP contribution < -0.4 is 10.1 Å². The lowest BCUT2D eigenvalue weighted by Gasteiger charge is -2.23. The molecule has 1 heterocycles. The van der Waals surface area contributed by atoms with Crippen molar-refractivity contribution in [3.05, 3.63) is 66.5 Å². The molecule has 2 aromatic rings. The molecule has 1 saturated heterocycles. The fourth-order valence-electron chi connectivity index (χ4n) is 3.65. The molecule has 1 amide bonds. The summed E-state index contributed by atoms with van der Waals surface area (Å²) in [5.74, 6) is -0.829. The number of ether oxygens (including phenoxy) is 1. The first-order valence-corrected chi connectivity index (χ1v) is 11.2. The van der Waals surface area contributed by atoms with E-state index >= 15 is 0 Å². The Morgan fingerprint density at radius 1 is 1.27 bits per heavy atom. The van der Waals surface area contributed by atoms with Crippen molar-refractivity contribution in [2.24, 2.45) is 5.92 Å². The van der Waals surface area contributed by atoms with Gasteiger partial charge in [0.25, 0.3) is 0 Å². The molecule has 0 aromatic heterocycles. The third-order valence-corrected chi connectivity index (χ3v) is 6.89. The summed E-state index contributed by atoms with van der Waals surface area (Å²) in [5.41, 5.74) is 2.13. The van der Waals surface area contributed by atoms with E-state index < -0.39 is 21.8 Å². The molecule has 0 saturated carbocycles. The van der Waals surface area contributed by atoms with E-state index in [0.717, 1.165) is 11.1 Å². The highest BCUT2D eigenvalue weighted by Gasteiger charge is 2.31. The summed E-state index contributed by atoms with van der Waals surface area (Å²) < 4.78 is 45.7. The standard InChI is InChI=1S/C22H25FN2O4S/c1-3-12-30(27,28)25-11-10-24-22(26)17(15-25)13-16-6-4-5-7-19(16)20-14-18(23)8-9-21(20)29-2/h3-9,14,17H,1,10-13,15H2,2H3,(H,24,26)/t17-/m0/s1. The minimum Gasteiger partial charge on any atom is -0.496 e. The molecular weight excluding hydrogens is 407 g/mol. The number of nitrogens with zero attached hydrogens (tertiary/aromatic N) is 1. The lowest BCUT2D eigenvalue weighted by Crippen LogP contribution is -2.38. The Hall–Kier alpha value is -2.71. The predicted molar refractivity (Wildman–Crippen MR) is 114 cm³/mol. The normalized spacial score (nSPS) is 17.8. The monoisotopic (exact) mass is 432 g/mol. The van der Waals surface area contributed by atoms with Crippen LogP contribution in [-0.4, -0.2) is 51.1 Å². The Balaban J connectivity index is 1.95. The van der Waals surface area contributed by atoms with Gasteiger partial charge in [0.15, 0.2) is 0 Å². The van der Waals surface area contributed by atoms with Gasteiger partial charge in [-0.15, -0.1) is 6.58 Å². The molecule has 1 fully saturated rings. The summed E-state index contributed by atoms with van der Waals surface area (Å²) >= 11 is 0. The van der Waals surface area contributed by atoms with Gasteiger partial charge in [-0.05, 0) is 35.7 Å². The lowest BCUT2D eigenvalue weighted by molar-refractivity contribution is -0.124. The molecular formula is C22H25FN2O4S. The smallest absolute Gasteiger partial charge is 0.224 e. The van der Waals surface area contributed by atoms with Crippen LogP contribution in [0.3, 0.4) is 0 Å². The van der Waals surface area contributed by atoms with Gasteiger partial charge in [-0.3, -0.25) is 4.79 Å². The third-order valence-electron chi connectivity index (χ3n) is 5.11. The quantitative estimate of drug-likeness (QED) is 0.683. The Labute approximate surface area is 176 Å². The summed E-state index contributed by atoms with van der Waals surface area (Å²) in [6, 6.07) is 11.7. The maximum absolute atomic E-state index is 13.9. The summed E-state index contributed by atoms with van der Waals surface area (Å²) in [6.45, 7) is 4.06. The third kappa shape index (κ3) is 4.88. The zero-order valence-electron chi connectivity index (χ0n) is 16.8. The molecule has 1 N–H and O–H groups in total. The van der Waals surface area contributed by atoms with E-state index in [9.17, 15) is 17.6 Å². The molecule has 8 heteroatoms. The van der Waals surface area contributed by atoms with Crippen LogP contribution in [0.25, 0.3) is 11.1 Å². The maximum Gasteiger partial charge on any atom is 0.224 e. The molecule has 1 aliphatic heterocycles. The molecule has 2 aromatic carbocycles. The van der Waals surface area contributed by atoms with Gasteiger partial charge in [0.1, 0.15) is 11.6 Å². The van der Waals surface area contributed by atoms with E-state index in [1.807, 2.05) is 24.3 Å². The SMILES string of the molecule is C=CCS(=O)(=O)N1CCNC(=O)[C@@H](Cc2ccccc2-c2cc(F)ccc2OC)C1. The topological polar surface area (TPSA) is 75.7 Å². The highest BCUT2D eigenvalue weighted by molar-refractivity contribution is 7.89. The molecule has 1 atom stereocenters. The minimum atomic E-state index is -3.53. The molecule has 0 unspecified atom stereocenters. The molecule has 0 aliphatic carbocycles. The summed E-state index contributed by atoms with van der Waals surface area (Å²) in [7, 11) is -2.02. The first kappa shape index (κ1) is 22.0. The number of benzene rings is 2. The van der Waals surface area contributed by atoms with Crippen LogP contribution in [0.4, 0.5) is 4.39 Å². The van der Waals surface area contributed by atoms with E-state index in [2.05, 4.69) is 11.9 Å². The molecule has 1 aliphatic rings. The first-order valence-electron chi connectivity index (χ1n) is 9.64. The molecule has 3 rings (SSSR count). The molecule has 0 spiro atoms. The number of hydrogen-bond donors (Lipinski definition) is 1. The predicted octanol–water partition coefficient (Wildman–Crippen LogP) is 2.61. The molecule has 0 radical (unpaired) electrons. The van der Waals surface area contributed by atoms with Gasteiger partial charge in [0, 0.05) is 25.2 Å². The summed E-state index contributed by atoms with van der Waals surface area (Å²) in [6.07, 6.45) is 1.65. The second-order valence-corrected chi connectivity index (χ2v) is 9.13.